The molecule has 23 heavy (non-hydrogen) atoms. The summed E-state index contributed by atoms with van der Waals surface area (Å²) in [6.07, 6.45) is 1.60. The summed E-state index contributed by atoms with van der Waals surface area (Å²) in [5.74, 6) is 1.06. The first-order valence-electron chi connectivity index (χ1n) is 7.19. The number of rotatable bonds is 6. The van der Waals surface area contributed by atoms with Crippen molar-refractivity contribution in [1.29, 1.82) is 0 Å². The van der Waals surface area contributed by atoms with Crippen LogP contribution in [0, 0.1) is 0 Å². The molecule has 0 radical (unpaired) electrons. The molecule has 2 heterocycles. The molecule has 118 valence electrons. The maximum absolute atomic E-state index is 12.0. The predicted molar refractivity (Wildman–Crippen MR) is 93.5 cm³/mol. The Bertz CT molecular complexity index is 754. The summed E-state index contributed by atoms with van der Waals surface area (Å²) in [6, 6.07) is 13.6. The lowest BCUT2D eigenvalue weighted by Crippen LogP contribution is -2.27. The van der Waals surface area contributed by atoms with Crippen LogP contribution >= 0.6 is 23.1 Å². The van der Waals surface area contributed by atoms with Gasteiger partial charge in [-0.3, -0.25) is 4.79 Å². The molecular weight excluding hydrogens is 328 g/mol. The average Bonchev–Trinajstić information content (AvgIpc) is 3.25. The fourth-order valence-electron chi connectivity index (χ4n) is 2.08. The van der Waals surface area contributed by atoms with Gasteiger partial charge in [0.05, 0.1) is 23.8 Å². The third kappa shape index (κ3) is 4.24. The standard InChI is InChI=1S/C17H16N2O2S2/c1-12(15-8-5-9-21-15)18-16(20)11-23-17-19-14(10-22-17)13-6-3-2-4-7-13/h2-10,12H,11H2,1H3,(H,18,20). The van der Waals surface area contributed by atoms with Crippen LogP contribution in [0.2, 0.25) is 0 Å². The van der Waals surface area contributed by atoms with Crippen LogP contribution in [0.1, 0.15) is 18.7 Å². The van der Waals surface area contributed by atoms with Gasteiger partial charge in [-0.2, -0.15) is 0 Å². The Morgan fingerprint density at radius 3 is 2.87 bits per heavy atom. The van der Waals surface area contributed by atoms with Crippen LogP contribution in [0.25, 0.3) is 11.3 Å². The molecule has 3 aromatic rings. The van der Waals surface area contributed by atoms with Crippen LogP contribution < -0.4 is 5.32 Å². The second-order valence-electron chi connectivity index (χ2n) is 4.96. The Hall–Kier alpha value is -2.05. The Morgan fingerprint density at radius 2 is 2.13 bits per heavy atom. The molecule has 1 unspecified atom stereocenters. The number of nitrogens with zero attached hydrogens (tertiary/aromatic N) is 1. The molecule has 0 saturated carbocycles. The van der Waals surface area contributed by atoms with Crippen molar-refractivity contribution in [3.63, 3.8) is 0 Å². The third-order valence-corrected chi connectivity index (χ3v) is 5.25. The first-order valence-corrected chi connectivity index (χ1v) is 9.05. The van der Waals surface area contributed by atoms with E-state index in [0.717, 1.165) is 21.4 Å². The highest BCUT2D eigenvalue weighted by molar-refractivity contribution is 8.01. The SMILES string of the molecule is CC(NC(=O)CSc1nc(-c2ccccc2)cs1)c1ccco1. The maximum atomic E-state index is 12.0. The van der Waals surface area contributed by atoms with Crippen LogP contribution in [-0.2, 0) is 4.79 Å². The lowest BCUT2D eigenvalue weighted by Gasteiger charge is -2.10. The average molecular weight is 344 g/mol. The number of thioether (sulfide) groups is 1. The van der Waals surface area contributed by atoms with Crippen LogP contribution in [0.5, 0.6) is 0 Å². The minimum Gasteiger partial charge on any atom is -0.467 e. The number of thiazole rings is 1. The molecule has 0 fully saturated rings. The molecule has 0 aliphatic carbocycles. The Labute approximate surface area is 142 Å². The van der Waals surface area contributed by atoms with E-state index in [0.29, 0.717) is 5.75 Å². The molecule has 0 aliphatic rings. The van der Waals surface area contributed by atoms with Crippen molar-refractivity contribution < 1.29 is 9.21 Å². The molecule has 1 N–H and O–H groups in total. The van der Waals surface area contributed by atoms with Crippen molar-refractivity contribution in [3.05, 3.63) is 59.9 Å². The summed E-state index contributed by atoms with van der Waals surface area (Å²) >= 11 is 3.00. The summed E-state index contributed by atoms with van der Waals surface area (Å²) in [5.41, 5.74) is 2.04. The molecule has 1 amide bonds. The van der Waals surface area contributed by atoms with Gasteiger partial charge in [-0.15, -0.1) is 11.3 Å². The molecule has 0 saturated heterocycles. The van der Waals surface area contributed by atoms with E-state index in [9.17, 15) is 4.79 Å². The van der Waals surface area contributed by atoms with Gasteiger partial charge in [0.25, 0.3) is 0 Å². The smallest absolute Gasteiger partial charge is 0.231 e. The summed E-state index contributed by atoms with van der Waals surface area (Å²) in [4.78, 5) is 16.6. The van der Waals surface area contributed by atoms with Crippen molar-refractivity contribution in [2.75, 3.05) is 5.75 Å². The quantitative estimate of drug-likeness (QED) is 0.675. The molecule has 6 heteroatoms. The number of carbonyl (C=O) groups is 1. The van der Waals surface area contributed by atoms with Crippen LogP contribution in [0.4, 0.5) is 0 Å². The first-order chi connectivity index (χ1) is 11.2. The van der Waals surface area contributed by atoms with E-state index in [2.05, 4.69) is 10.3 Å². The number of furan rings is 1. The fraction of sp³-hybridized carbons (Fsp3) is 0.176. The van der Waals surface area contributed by atoms with Crippen LogP contribution in [0.15, 0.2) is 62.9 Å². The number of carbonyl (C=O) groups excluding carboxylic acids is 1. The zero-order valence-electron chi connectivity index (χ0n) is 12.6. The molecule has 3 rings (SSSR count). The number of benzene rings is 1. The third-order valence-electron chi connectivity index (χ3n) is 3.23. The molecular formula is C17H16N2O2S2. The van der Waals surface area contributed by atoms with Crippen molar-refractivity contribution >= 4 is 29.0 Å². The number of hydrogen-bond donors (Lipinski definition) is 1. The van der Waals surface area contributed by atoms with Gasteiger partial charge in [0, 0.05) is 10.9 Å². The Balaban J connectivity index is 1.52. The molecule has 1 atom stereocenters. The Morgan fingerprint density at radius 1 is 1.30 bits per heavy atom. The molecule has 4 nitrogen and oxygen atoms in total. The first kappa shape index (κ1) is 15.8. The van der Waals surface area contributed by atoms with Gasteiger partial charge in [-0.05, 0) is 19.1 Å². The highest BCUT2D eigenvalue weighted by Gasteiger charge is 2.13. The fourth-order valence-corrected chi connectivity index (χ4v) is 3.73. The zero-order chi connectivity index (χ0) is 16.1. The molecule has 0 bridgehead atoms. The van der Waals surface area contributed by atoms with Crippen molar-refractivity contribution in [2.45, 2.75) is 17.3 Å². The van der Waals surface area contributed by atoms with E-state index >= 15 is 0 Å². The second kappa shape index (κ2) is 7.48. The normalized spacial score (nSPS) is 12.0. The van der Waals surface area contributed by atoms with Gasteiger partial charge in [-0.25, -0.2) is 4.98 Å². The van der Waals surface area contributed by atoms with Gasteiger partial charge in [0.2, 0.25) is 5.91 Å². The molecule has 0 spiro atoms. The number of hydrogen-bond acceptors (Lipinski definition) is 5. The van der Waals surface area contributed by atoms with E-state index in [4.69, 9.17) is 4.42 Å². The van der Waals surface area contributed by atoms with E-state index in [1.54, 1.807) is 17.6 Å². The summed E-state index contributed by atoms with van der Waals surface area (Å²) in [6.45, 7) is 1.90. The van der Waals surface area contributed by atoms with Crippen molar-refractivity contribution in [2.24, 2.45) is 0 Å². The highest BCUT2D eigenvalue weighted by atomic mass is 32.2. The molecule has 0 aliphatic heterocycles. The van der Waals surface area contributed by atoms with Gasteiger partial charge >= 0.3 is 0 Å². The summed E-state index contributed by atoms with van der Waals surface area (Å²) in [5, 5.41) is 4.93. The van der Waals surface area contributed by atoms with Crippen LogP contribution in [-0.4, -0.2) is 16.6 Å². The Kier molecular flexibility index (Phi) is 5.15. The number of aromatic nitrogens is 1. The number of nitrogens with one attached hydrogen (secondary N) is 1. The summed E-state index contributed by atoms with van der Waals surface area (Å²) in [7, 11) is 0. The van der Waals surface area contributed by atoms with E-state index in [-0.39, 0.29) is 11.9 Å². The zero-order valence-corrected chi connectivity index (χ0v) is 14.2. The largest absolute Gasteiger partial charge is 0.467 e. The molecule has 1 aromatic carbocycles. The topological polar surface area (TPSA) is 55.1 Å². The lowest BCUT2D eigenvalue weighted by atomic mass is 10.2. The predicted octanol–water partition coefficient (Wildman–Crippen LogP) is 4.37. The van der Waals surface area contributed by atoms with Crippen molar-refractivity contribution in [1.82, 2.24) is 10.3 Å². The monoisotopic (exact) mass is 344 g/mol. The minimum absolute atomic E-state index is 0.0321. The second-order valence-corrected chi connectivity index (χ2v) is 7.04. The number of amides is 1. The van der Waals surface area contributed by atoms with Gasteiger partial charge in [-0.1, -0.05) is 42.1 Å². The van der Waals surface area contributed by atoms with E-state index in [1.807, 2.05) is 54.8 Å². The van der Waals surface area contributed by atoms with Gasteiger partial charge < -0.3 is 9.73 Å². The minimum atomic E-state index is -0.130. The maximum Gasteiger partial charge on any atom is 0.231 e. The van der Waals surface area contributed by atoms with E-state index < -0.39 is 0 Å². The van der Waals surface area contributed by atoms with Crippen molar-refractivity contribution in [3.8, 4) is 11.3 Å². The highest BCUT2D eigenvalue weighted by Crippen LogP contribution is 2.28. The van der Waals surface area contributed by atoms with E-state index in [1.165, 1.54) is 11.8 Å². The molecule has 2 aromatic heterocycles. The lowest BCUT2D eigenvalue weighted by molar-refractivity contribution is -0.119. The van der Waals surface area contributed by atoms with Gasteiger partial charge in [0.1, 0.15) is 5.76 Å². The van der Waals surface area contributed by atoms with Gasteiger partial charge in [0.15, 0.2) is 4.34 Å². The van der Waals surface area contributed by atoms with Crippen LogP contribution in [0.3, 0.4) is 0 Å². The summed E-state index contributed by atoms with van der Waals surface area (Å²) < 4.78 is 6.17.